The Morgan fingerprint density at radius 1 is 1.14 bits per heavy atom. The summed E-state index contributed by atoms with van der Waals surface area (Å²) in [5, 5.41) is -0.540. The lowest BCUT2D eigenvalue weighted by Gasteiger charge is -2.13. The van der Waals surface area contributed by atoms with Crippen molar-refractivity contribution in [3.05, 3.63) is 58.0 Å². The lowest BCUT2D eigenvalue weighted by molar-refractivity contribution is -0.137. The van der Waals surface area contributed by atoms with Gasteiger partial charge in [0.15, 0.2) is 5.29 Å². The van der Waals surface area contributed by atoms with Crippen molar-refractivity contribution in [3.63, 3.8) is 0 Å². The number of pyridine rings is 1. The summed E-state index contributed by atoms with van der Waals surface area (Å²) >= 11 is 11.3. The average Bonchev–Trinajstić information content (AvgIpc) is 2.62. The van der Waals surface area contributed by atoms with Crippen molar-refractivity contribution in [1.82, 2.24) is 4.98 Å². The number of aromatic nitrogens is 1. The van der Waals surface area contributed by atoms with Crippen molar-refractivity contribution < 1.29 is 31.8 Å². The number of nitrogens with zero attached hydrogens (tertiary/aromatic N) is 1. The minimum Gasteiger partial charge on any atom is -0.492 e. The monoisotopic (exact) mass is 453 g/mol. The highest BCUT2D eigenvalue weighted by molar-refractivity contribution is 6.32. The Kier molecular flexibility index (Phi) is 8.40. The zero-order chi connectivity index (χ0) is 21.4. The molecule has 0 saturated carbocycles. The van der Waals surface area contributed by atoms with Gasteiger partial charge in [-0.1, -0.05) is 23.2 Å². The molecule has 0 fully saturated rings. The molecule has 1 aromatic heterocycles. The van der Waals surface area contributed by atoms with Crippen molar-refractivity contribution in [2.75, 3.05) is 19.8 Å². The van der Waals surface area contributed by atoms with Crippen molar-refractivity contribution >= 4 is 23.2 Å². The van der Waals surface area contributed by atoms with Crippen molar-refractivity contribution in [1.29, 1.82) is 0 Å². The van der Waals surface area contributed by atoms with Crippen LogP contribution < -0.4 is 14.2 Å². The van der Waals surface area contributed by atoms with Crippen molar-refractivity contribution in [2.24, 2.45) is 0 Å². The van der Waals surface area contributed by atoms with Gasteiger partial charge in [0.2, 0.25) is 5.88 Å². The molecule has 1 aromatic carbocycles. The number of hydrogen-bond donors (Lipinski definition) is 0. The molecule has 0 bridgehead atoms. The minimum atomic E-state index is -4.44. The summed E-state index contributed by atoms with van der Waals surface area (Å²) in [5.41, 5.74) is -0.123. The van der Waals surface area contributed by atoms with Gasteiger partial charge in [-0.25, -0.2) is 4.98 Å². The van der Waals surface area contributed by atoms with Crippen LogP contribution in [0.15, 0.2) is 41.8 Å². The van der Waals surface area contributed by atoms with E-state index >= 15 is 0 Å². The van der Waals surface area contributed by atoms with E-state index in [1.807, 2.05) is 0 Å². The quantitative estimate of drug-likeness (QED) is 0.328. The number of hydrogen-bond acceptors (Lipinski definition) is 4. The largest absolute Gasteiger partial charge is 0.492 e. The third-order valence-corrected chi connectivity index (χ3v) is 3.97. The molecule has 2 rings (SSSR count). The van der Waals surface area contributed by atoms with Gasteiger partial charge >= 0.3 is 6.18 Å². The number of benzene rings is 1. The van der Waals surface area contributed by atoms with E-state index in [1.54, 1.807) is 13.0 Å². The smallest absolute Gasteiger partial charge is 0.417 e. The highest BCUT2D eigenvalue weighted by Gasteiger charge is 2.30. The molecule has 0 spiro atoms. The fourth-order valence-electron chi connectivity index (χ4n) is 2.21. The van der Waals surface area contributed by atoms with E-state index in [-0.39, 0.29) is 25.7 Å². The molecule has 0 aliphatic heterocycles. The highest BCUT2D eigenvalue weighted by Crippen LogP contribution is 2.33. The first-order chi connectivity index (χ1) is 13.7. The van der Waals surface area contributed by atoms with Crippen LogP contribution in [-0.2, 0) is 6.18 Å². The molecule has 0 atom stereocenters. The van der Waals surface area contributed by atoms with Crippen LogP contribution in [0.4, 0.5) is 17.6 Å². The topological polar surface area (TPSA) is 40.6 Å². The first-order valence-corrected chi connectivity index (χ1v) is 9.15. The van der Waals surface area contributed by atoms with Gasteiger partial charge < -0.3 is 14.2 Å². The average molecular weight is 454 g/mol. The molecular formula is C19H17Cl2F4NO3. The van der Waals surface area contributed by atoms with Crippen LogP contribution in [0.25, 0.3) is 0 Å². The lowest BCUT2D eigenvalue weighted by Crippen LogP contribution is -2.08. The van der Waals surface area contributed by atoms with E-state index in [0.29, 0.717) is 28.5 Å². The van der Waals surface area contributed by atoms with E-state index in [2.05, 4.69) is 4.98 Å². The molecule has 0 aliphatic carbocycles. The van der Waals surface area contributed by atoms with Crippen LogP contribution in [0.5, 0.6) is 17.4 Å². The summed E-state index contributed by atoms with van der Waals surface area (Å²) in [6, 6.07) is 5.29. The first kappa shape index (κ1) is 23.1. The number of alkyl halides is 3. The number of ether oxygens (including phenoxy) is 3. The molecule has 10 heteroatoms. The Morgan fingerprint density at radius 2 is 1.86 bits per heavy atom. The van der Waals surface area contributed by atoms with E-state index in [9.17, 15) is 17.6 Å². The third-order valence-electron chi connectivity index (χ3n) is 3.54. The van der Waals surface area contributed by atoms with E-state index in [4.69, 9.17) is 37.4 Å². The normalized spacial score (nSPS) is 12.0. The summed E-state index contributed by atoms with van der Waals surface area (Å²) in [6.07, 6.45) is -2.19. The van der Waals surface area contributed by atoms with E-state index in [0.717, 1.165) is 24.4 Å². The van der Waals surface area contributed by atoms with Gasteiger partial charge in [0.1, 0.15) is 18.1 Å². The maximum Gasteiger partial charge on any atom is 0.417 e. The van der Waals surface area contributed by atoms with Crippen LogP contribution in [0.1, 0.15) is 17.5 Å². The lowest BCUT2D eigenvalue weighted by atomic mass is 10.2. The molecule has 4 nitrogen and oxygen atoms in total. The molecule has 0 radical (unpaired) electrons. The Morgan fingerprint density at radius 3 is 2.45 bits per heavy atom. The standard InChI is InChI=1S/C19H17Cl2F4NO3/c1-12-9-14(27-8-5-16(21)22)10-15(20)18(12)29-7-2-6-28-17-4-3-13(11-26-17)19(23,24)25/h3-5,9-11H,2,6-8H2,1H3/b16-5+. The van der Waals surface area contributed by atoms with Gasteiger partial charge in [-0.05, 0) is 24.6 Å². The summed E-state index contributed by atoms with van der Waals surface area (Å²) in [5.74, 6) is 0.993. The molecule has 0 saturated heterocycles. The molecule has 0 aliphatic rings. The van der Waals surface area contributed by atoms with Gasteiger partial charge in [0.05, 0.1) is 23.8 Å². The van der Waals surface area contributed by atoms with Gasteiger partial charge in [0.25, 0.3) is 0 Å². The third kappa shape index (κ3) is 7.62. The molecule has 0 N–H and O–H groups in total. The molecule has 0 amide bonds. The second-order valence-corrected chi connectivity index (χ2v) is 6.56. The van der Waals surface area contributed by atoms with Gasteiger partial charge in [-0.15, -0.1) is 0 Å². The number of aryl methyl sites for hydroxylation is 1. The van der Waals surface area contributed by atoms with Crippen LogP contribution in [-0.4, -0.2) is 24.8 Å². The van der Waals surface area contributed by atoms with E-state index in [1.165, 1.54) is 6.07 Å². The number of halogens is 6. The molecule has 0 unspecified atom stereocenters. The van der Waals surface area contributed by atoms with E-state index < -0.39 is 17.0 Å². The fraction of sp³-hybridized carbons (Fsp3) is 0.316. The molecule has 158 valence electrons. The molecule has 2 aromatic rings. The fourth-order valence-corrected chi connectivity index (χ4v) is 2.58. The van der Waals surface area contributed by atoms with Crippen molar-refractivity contribution in [2.45, 2.75) is 19.5 Å². The Labute approximate surface area is 175 Å². The number of rotatable bonds is 9. The summed E-state index contributed by atoms with van der Waals surface area (Å²) in [6.45, 7) is 2.20. The Bertz CT molecular complexity index is 815. The van der Waals surface area contributed by atoms with Crippen LogP contribution in [0.2, 0.25) is 5.02 Å². The molecule has 1 heterocycles. The van der Waals surface area contributed by atoms with Crippen LogP contribution in [0.3, 0.4) is 0 Å². The van der Waals surface area contributed by atoms with Gasteiger partial charge in [-0.2, -0.15) is 17.6 Å². The zero-order valence-corrected chi connectivity index (χ0v) is 16.7. The predicted molar refractivity (Wildman–Crippen MR) is 102 cm³/mol. The highest BCUT2D eigenvalue weighted by atomic mass is 35.5. The first-order valence-electron chi connectivity index (χ1n) is 8.40. The summed E-state index contributed by atoms with van der Waals surface area (Å²) in [7, 11) is 0. The minimum absolute atomic E-state index is 0.0410. The Hall–Kier alpha value is -2.19. The second-order valence-electron chi connectivity index (χ2n) is 5.79. The Balaban J connectivity index is 1.79. The summed E-state index contributed by atoms with van der Waals surface area (Å²) in [4.78, 5) is 3.62. The maximum atomic E-state index is 12.5. The molecule has 29 heavy (non-hydrogen) atoms. The van der Waals surface area contributed by atoms with Gasteiger partial charge in [-0.3, -0.25) is 0 Å². The predicted octanol–water partition coefficient (Wildman–Crippen LogP) is 6.34. The van der Waals surface area contributed by atoms with Crippen LogP contribution >= 0.6 is 23.2 Å². The van der Waals surface area contributed by atoms with Crippen LogP contribution in [0, 0.1) is 6.92 Å². The summed E-state index contributed by atoms with van der Waals surface area (Å²) < 4.78 is 66.1. The maximum absolute atomic E-state index is 12.5. The molecular weight excluding hydrogens is 437 g/mol. The van der Waals surface area contributed by atoms with Gasteiger partial charge in [0, 0.05) is 30.8 Å². The second kappa shape index (κ2) is 10.5. The van der Waals surface area contributed by atoms with Crippen molar-refractivity contribution in [3.8, 4) is 17.4 Å². The SMILES string of the molecule is Cc1cc(OC/C=C(/F)Cl)cc(Cl)c1OCCCOc1ccc(C(F)(F)F)cn1. The zero-order valence-electron chi connectivity index (χ0n) is 15.2.